The van der Waals surface area contributed by atoms with Gasteiger partial charge >= 0.3 is 0 Å². The molecule has 6 nitrogen and oxygen atoms in total. The summed E-state index contributed by atoms with van der Waals surface area (Å²) in [7, 11) is 0. The highest BCUT2D eigenvalue weighted by Crippen LogP contribution is 2.24. The maximum Gasteiger partial charge on any atom is 0.178 e. The Morgan fingerprint density at radius 3 is 2.90 bits per heavy atom. The largest absolute Gasteiger partial charge is 0.464 e. The molecular weight excluding hydrogens is 254 g/mol. The molecule has 3 aromatic rings. The van der Waals surface area contributed by atoms with Crippen LogP contribution >= 0.6 is 0 Å². The molecule has 0 saturated carbocycles. The van der Waals surface area contributed by atoms with Crippen molar-refractivity contribution < 1.29 is 4.42 Å². The van der Waals surface area contributed by atoms with Crippen LogP contribution in [0.3, 0.4) is 0 Å². The quantitative estimate of drug-likeness (QED) is 0.788. The Bertz CT molecular complexity index is 689. The van der Waals surface area contributed by atoms with Crippen LogP contribution in [0.2, 0.25) is 0 Å². The first-order chi connectivity index (χ1) is 9.74. The molecule has 0 saturated heterocycles. The van der Waals surface area contributed by atoms with E-state index in [4.69, 9.17) is 4.42 Å². The second-order valence-electron chi connectivity index (χ2n) is 4.53. The highest BCUT2D eigenvalue weighted by molar-refractivity contribution is 5.56. The van der Waals surface area contributed by atoms with Gasteiger partial charge in [-0.2, -0.15) is 5.10 Å². The average Bonchev–Trinajstić information content (AvgIpc) is 3.10. The molecule has 3 aromatic heterocycles. The summed E-state index contributed by atoms with van der Waals surface area (Å²) in [6.07, 6.45) is 4.83. The molecule has 1 unspecified atom stereocenters. The summed E-state index contributed by atoms with van der Waals surface area (Å²) in [4.78, 5) is 8.29. The molecule has 1 atom stereocenters. The fraction of sp³-hybridized carbons (Fsp3) is 0.214. The third-order valence-electron chi connectivity index (χ3n) is 2.98. The summed E-state index contributed by atoms with van der Waals surface area (Å²) in [6, 6.07) is 7.79. The summed E-state index contributed by atoms with van der Waals surface area (Å²) in [5, 5.41) is 7.49. The van der Waals surface area contributed by atoms with E-state index in [-0.39, 0.29) is 6.04 Å². The van der Waals surface area contributed by atoms with Crippen molar-refractivity contribution in [2.75, 3.05) is 5.32 Å². The van der Waals surface area contributed by atoms with Gasteiger partial charge in [0.05, 0.1) is 11.7 Å². The lowest BCUT2D eigenvalue weighted by atomic mass is 10.2. The predicted molar refractivity (Wildman–Crippen MR) is 74.6 cm³/mol. The maximum absolute atomic E-state index is 5.63. The molecule has 6 heteroatoms. The summed E-state index contributed by atoms with van der Waals surface area (Å²) in [5.41, 5.74) is 0.875. The Morgan fingerprint density at radius 1 is 1.30 bits per heavy atom. The fourth-order valence-electron chi connectivity index (χ4n) is 2.00. The van der Waals surface area contributed by atoms with Gasteiger partial charge in [-0.05, 0) is 38.1 Å². The number of rotatable bonds is 4. The topological polar surface area (TPSA) is 68.8 Å². The van der Waals surface area contributed by atoms with Gasteiger partial charge in [-0.15, -0.1) is 0 Å². The second-order valence-corrected chi connectivity index (χ2v) is 4.53. The molecule has 0 bridgehead atoms. The van der Waals surface area contributed by atoms with Crippen LogP contribution in [-0.2, 0) is 0 Å². The van der Waals surface area contributed by atoms with Crippen LogP contribution in [-0.4, -0.2) is 19.7 Å². The molecule has 20 heavy (non-hydrogen) atoms. The average molecular weight is 269 g/mol. The fourth-order valence-corrected chi connectivity index (χ4v) is 2.00. The molecule has 0 spiro atoms. The van der Waals surface area contributed by atoms with Crippen LogP contribution in [0.1, 0.15) is 24.5 Å². The van der Waals surface area contributed by atoms with E-state index in [0.717, 1.165) is 17.2 Å². The minimum Gasteiger partial charge on any atom is -0.464 e. The third kappa shape index (κ3) is 2.40. The summed E-state index contributed by atoms with van der Waals surface area (Å²) in [6.45, 7) is 3.97. The van der Waals surface area contributed by atoms with Gasteiger partial charge in [0.2, 0.25) is 0 Å². The number of hydrogen-bond acceptors (Lipinski definition) is 5. The van der Waals surface area contributed by atoms with Crippen LogP contribution in [0.25, 0.3) is 5.82 Å². The Kier molecular flexibility index (Phi) is 3.20. The number of nitrogens with one attached hydrogen (secondary N) is 1. The number of furan rings is 1. The number of pyridine rings is 1. The summed E-state index contributed by atoms with van der Waals surface area (Å²) in [5.74, 6) is 2.49. The number of hydrogen-bond donors (Lipinski definition) is 1. The van der Waals surface area contributed by atoms with Gasteiger partial charge in [-0.3, -0.25) is 0 Å². The predicted octanol–water partition coefficient (Wildman–Crippen LogP) is 2.74. The number of aromatic nitrogens is 4. The molecule has 3 heterocycles. The van der Waals surface area contributed by atoms with Crippen molar-refractivity contribution in [1.29, 1.82) is 0 Å². The monoisotopic (exact) mass is 269 g/mol. The van der Waals surface area contributed by atoms with Crippen molar-refractivity contribution in [3.8, 4) is 5.82 Å². The molecule has 0 radical (unpaired) electrons. The molecule has 0 aliphatic carbocycles. The molecule has 1 N–H and O–H groups in total. The minimum absolute atomic E-state index is 0.0372. The minimum atomic E-state index is 0.0372. The van der Waals surface area contributed by atoms with Crippen LogP contribution in [0.5, 0.6) is 0 Å². The van der Waals surface area contributed by atoms with E-state index in [0.29, 0.717) is 5.82 Å². The van der Waals surface area contributed by atoms with Gasteiger partial charge in [0.1, 0.15) is 24.2 Å². The zero-order valence-corrected chi connectivity index (χ0v) is 11.3. The van der Waals surface area contributed by atoms with Crippen molar-refractivity contribution in [2.24, 2.45) is 0 Å². The summed E-state index contributed by atoms with van der Waals surface area (Å²) >= 11 is 0. The van der Waals surface area contributed by atoms with E-state index >= 15 is 0 Å². The lowest BCUT2D eigenvalue weighted by Crippen LogP contribution is -2.10. The van der Waals surface area contributed by atoms with Gasteiger partial charge in [-0.1, -0.05) is 0 Å². The number of aryl methyl sites for hydroxylation is 1. The van der Waals surface area contributed by atoms with Gasteiger partial charge in [-0.25, -0.2) is 14.6 Å². The summed E-state index contributed by atoms with van der Waals surface area (Å²) < 4.78 is 7.26. The van der Waals surface area contributed by atoms with Crippen molar-refractivity contribution in [2.45, 2.75) is 19.9 Å². The van der Waals surface area contributed by atoms with Crippen LogP contribution in [0, 0.1) is 6.92 Å². The van der Waals surface area contributed by atoms with E-state index in [1.807, 2.05) is 38.1 Å². The molecule has 0 aromatic carbocycles. The molecule has 102 valence electrons. The van der Waals surface area contributed by atoms with Crippen LogP contribution in [0.15, 0.2) is 47.5 Å². The van der Waals surface area contributed by atoms with Crippen LogP contribution in [0.4, 0.5) is 5.69 Å². The molecule has 0 fully saturated rings. The Morgan fingerprint density at radius 2 is 2.20 bits per heavy atom. The van der Waals surface area contributed by atoms with E-state index < -0.39 is 0 Å². The SMILES string of the molecule is Cc1ccc(C(C)Nc2cccnc2-n2cncn2)o1. The molecule has 3 rings (SSSR count). The van der Waals surface area contributed by atoms with E-state index in [1.165, 1.54) is 6.33 Å². The first kappa shape index (κ1) is 12.4. The van der Waals surface area contributed by atoms with E-state index in [2.05, 4.69) is 20.4 Å². The maximum atomic E-state index is 5.63. The van der Waals surface area contributed by atoms with Crippen LogP contribution < -0.4 is 5.32 Å². The van der Waals surface area contributed by atoms with E-state index in [9.17, 15) is 0 Å². The highest BCUT2D eigenvalue weighted by Gasteiger charge is 2.13. The molecule has 0 aliphatic rings. The standard InChI is InChI=1S/C14H15N5O/c1-10-5-6-13(20-10)11(2)18-12-4-3-7-16-14(12)19-9-15-8-17-19/h3-9,11,18H,1-2H3. The number of anilines is 1. The first-order valence-electron chi connectivity index (χ1n) is 6.37. The zero-order valence-electron chi connectivity index (χ0n) is 11.3. The van der Waals surface area contributed by atoms with Crippen molar-refractivity contribution in [3.05, 3.63) is 54.6 Å². The van der Waals surface area contributed by atoms with E-state index in [1.54, 1.807) is 17.2 Å². The lowest BCUT2D eigenvalue weighted by Gasteiger charge is -2.15. The molecule has 0 amide bonds. The van der Waals surface area contributed by atoms with Gasteiger partial charge < -0.3 is 9.73 Å². The third-order valence-corrected chi connectivity index (χ3v) is 2.98. The van der Waals surface area contributed by atoms with Crippen molar-refractivity contribution in [1.82, 2.24) is 19.7 Å². The Labute approximate surface area is 116 Å². The lowest BCUT2D eigenvalue weighted by molar-refractivity contribution is 0.467. The molecule has 0 aliphatic heterocycles. The van der Waals surface area contributed by atoms with Crippen molar-refractivity contribution in [3.63, 3.8) is 0 Å². The van der Waals surface area contributed by atoms with Gasteiger partial charge in [0.15, 0.2) is 5.82 Å². The van der Waals surface area contributed by atoms with Gasteiger partial charge in [0, 0.05) is 6.20 Å². The zero-order chi connectivity index (χ0) is 13.9. The normalized spacial score (nSPS) is 12.3. The smallest absolute Gasteiger partial charge is 0.178 e. The first-order valence-corrected chi connectivity index (χ1v) is 6.37. The number of nitrogens with zero attached hydrogens (tertiary/aromatic N) is 4. The molecular formula is C14H15N5O. The highest BCUT2D eigenvalue weighted by atomic mass is 16.3. The second kappa shape index (κ2) is 5.16. The van der Waals surface area contributed by atoms with Gasteiger partial charge in [0.25, 0.3) is 0 Å². The Balaban J connectivity index is 1.88. The Hall–Kier alpha value is -2.63. The van der Waals surface area contributed by atoms with Crippen molar-refractivity contribution >= 4 is 5.69 Å².